The minimum absolute atomic E-state index is 0.227. The number of thioether (sulfide) groups is 1. The maximum absolute atomic E-state index is 10.4. The second-order valence-electron chi connectivity index (χ2n) is 3.79. The molecule has 0 aliphatic heterocycles. The molecule has 1 aromatic rings. The van der Waals surface area contributed by atoms with Crippen molar-refractivity contribution in [1.29, 1.82) is 0 Å². The van der Waals surface area contributed by atoms with Crippen molar-refractivity contribution in [2.24, 2.45) is 5.92 Å². The lowest BCUT2D eigenvalue weighted by Gasteiger charge is -2.15. The molecule has 1 heterocycles. The van der Waals surface area contributed by atoms with E-state index in [0.29, 0.717) is 19.0 Å². The van der Waals surface area contributed by atoms with Gasteiger partial charge in [-0.1, -0.05) is 6.92 Å². The summed E-state index contributed by atoms with van der Waals surface area (Å²) in [5.41, 5.74) is 0. The molecular formula is C11H18N4O2S. The van der Waals surface area contributed by atoms with Crippen molar-refractivity contribution in [2.45, 2.75) is 18.2 Å². The lowest BCUT2D eigenvalue weighted by molar-refractivity contribution is 0.192. The number of nitrogens with one attached hydrogen (secondary N) is 2. The number of carboxylic acid groups (broad SMARTS) is 1. The van der Waals surface area contributed by atoms with E-state index in [9.17, 15) is 4.79 Å². The Morgan fingerprint density at radius 3 is 2.61 bits per heavy atom. The molecular weight excluding hydrogens is 252 g/mol. The Morgan fingerprint density at radius 2 is 2.11 bits per heavy atom. The van der Waals surface area contributed by atoms with Crippen molar-refractivity contribution in [1.82, 2.24) is 15.3 Å². The van der Waals surface area contributed by atoms with Gasteiger partial charge < -0.3 is 15.7 Å². The quantitative estimate of drug-likeness (QED) is 0.656. The van der Waals surface area contributed by atoms with Crippen LogP contribution in [0.3, 0.4) is 0 Å². The van der Waals surface area contributed by atoms with Crippen LogP contribution < -0.4 is 10.6 Å². The predicted molar refractivity (Wildman–Crippen MR) is 72.1 cm³/mol. The highest BCUT2D eigenvalue weighted by Crippen LogP contribution is 2.12. The molecule has 0 radical (unpaired) electrons. The molecule has 6 nitrogen and oxygen atoms in total. The van der Waals surface area contributed by atoms with E-state index < -0.39 is 6.09 Å². The van der Waals surface area contributed by atoms with Crippen LogP contribution in [0.1, 0.15) is 13.3 Å². The summed E-state index contributed by atoms with van der Waals surface area (Å²) in [5, 5.41) is 14.0. The molecule has 1 amide bonds. The van der Waals surface area contributed by atoms with Crippen molar-refractivity contribution in [3.05, 3.63) is 12.4 Å². The van der Waals surface area contributed by atoms with Crippen LogP contribution >= 0.6 is 11.8 Å². The first-order chi connectivity index (χ1) is 8.65. The fourth-order valence-corrected chi connectivity index (χ4v) is 1.66. The molecule has 18 heavy (non-hydrogen) atoms. The number of hydrogen-bond acceptors (Lipinski definition) is 5. The number of anilines is 1. The van der Waals surface area contributed by atoms with E-state index in [1.54, 1.807) is 24.2 Å². The van der Waals surface area contributed by atoms with Crippen LogP contribution in [0.5, 0.6) is 0 Å². The van der Waals surface area contributed by atoms with E-state index in [-0.39, 0.29) is 5.92 Å². The third-order valence-corrected chi connectivity index (χ3v) is 3.21. The second kappa shape index (κ2) is 7.75. The van der Waals surface area contributed by atoms with Gasteiger partial charge in [-0.2, -0.15) is 0 Å². The predicted octanol–water partition coefficient (Wildman–Crippen LogP) is 1.90. The summed E-state index contributed by atoms with van der Waals surface area (Å²) in [5.74, 6) is 0.798. The van der Waals surface area contributed by atoms with Crippen molar-refractivity contribution in [3.8, 4) is 0 Å². The zero-order valence-electron chi connectivity index (χ0n) is 10.5. The molecule has 0 aliphatic rings. The Kier molecular flexibility index (Phi) is 6.27. The largest absolute Gasteiger partial charge is 0.465 e. The summed E-state index contributed by atoms with van der Waals surface area (Å²) in [6.07, 6.45) is 5.38. The highest BCUT2D eigenvalue weighted by atomic mass is 32.2. The lowest BCUT2D eigenvalue weighted by Crippen LogP contribution is -2.31. The summed E-state index contributed by atoms with van der Waals surface area (Å²) < 4.78 is 0. The van der Waals surface area contributed by atoms with Crippen LogP contribution in [-0.2, 0) is 0 Å². The van der Waals surface area contributed by atoms with Gasteiger partial charge in [0, 0.05) is 30.4 Å². The van der Waals surface area contributed by atoms with Gasteiger partial charge in [0.2, 0.25) is 5.95 Å². The van der Waals surface area contributed by atoms with Gasteiger partial charge in [-0.05, 0) is 18.6 Å². The Hall–Kier alpha value is -1.50. The van der Waals surface area contributed by atoms with Gasteiger partial charge in [0.1, 0.15) is 0 Å². The normalized spacial score (nSPS) is 11.9. The number of carbonyl (C=O) groups is 1. The smallest absolute Gasteiger partial charge is 0.404 e. The molecule has 0 unspecified atom stereocenters. The molecule has 100 valence electrons. The van der Waals surface area contributed by atoms with E-state index in [4.69, 9.17) is 5.11 Å². The molecule has 3 N–H and O–H groups in total. The summed E-state index contributed by atoms with van der Waals surface area (Å²) in [4.78, 5) is 19.8. The average Bonchev–Trinajstić information content (AvgIpc) is 2.39. The molecule has 1 atom stereocenters. The number of nitrogens with zero attached hydrogens (tertiary/aromatic N) is 2. The Morgan fingerprint density at radius 1 is 1.44 bits per heavy atom. The fraction of sp³-hybridized carbons (Fsp3) is 0.545. The Bertz CT molecular complexity index is 372. The average molecular weight is 270 g/mol. The van der Waals surface area contributed by atoms with Crippen LogP contribution in [0, 0.1) is 5.92 Å². The molecule has 0 saturated heterocycles. The molecule has 0 bridgehead atoms. The van der Waals surface area contributed by atoms with Gasteiger partial charge in [0.25, 0.3) is 0 Å². The molecule has 0 fully saturated rings. The minimum Gasteiger partial charge on any atom is -0.465 e. The van der Waals surface area contributed by atoms with Crippen molar-refractivity contribution in [3.63, 3.8) is 0 Å². The molecule has 0 saturated carbocycles. The molecule has 0 aliphatic carbocycles. The van der Waals surface area contributed by atoms with Crippen LogP contribution in [0.25, 0.3) is 0 Å². The van der Waals surface area contributed by atoms with Crippen molar-refractivity contribution in [2.75, 3.05) is 24.7 Å². The number of aromatic nitrogens is 2. The first-order valence-electron chi connectivity index (χ1n) is 5.72. The van der Waals surface area contributed by atoms with Gasteiger partial charge in [-0.3, -0.25) is 0 Å². The van der Waals surface area contributed by atoms with Crippen LogP contribution in [0.2, 0.25) is 0 Å². The van der Waals surface area contributed by atoms with Gasteiger partial charge >= 0.3 is 6.09 Å². The minimum atomic E-state index is -0.992. The number of amides is 1. The van der Waals surface area contributed by atoms with Crippen molar-refractivity contribution >= 4 is 23.8 Å². The zero-order chi connectivity index (χ0) is 13.4. The maximum atomic E-state index is 10.4. The summed E-state index contributed by atoms with van der Waals surface area (Å²) in [6, 6.07) is 0. The Labute approximate surface area is 111 Å². The van der Waals surface area contributed by atoms with E-state index in [1.165, 1.54) is 0 Å². The highest BCUT2D eigenvalue weighted by Gasteiger charge is 2.08. The number of rotatable bonds is 7. The van der Waals surface area contributed by atoms with Gasteiger partial charge in [0.05, 0.1) is 0 Å². The molecule has 0 aromatic carbocycles. The summed E-state index contributed by atoms with van der Waals surface area (Å²) in [7, 11) is 0. The second-order valence-corrected chi connectivity index (χ2v) is 4.67. The number of hydrogen-bond donors (Lipinski definition) is 3. The highest BCUT2D eigenvalue weighted by molar-refractivity contribution is 7.98. The summed E-state index contributed by atoms with van der Waals surface area (Å²) in [6.45, 7) is 3.10. The van der Waals surface area contributed by atoms with E-state index >= 15 is 0 Å². The molecule has 1 rings (SSSR count). The third kappa shape index (κ3) is 5.22. The molecule has 1 aromatic heterocycles. The Balaban J connectivity index is 2.38. The van der Waals surface area contributed by atoms with Crippen LogP contribution in [-0.4, -0.2) is 40.5 Å². The van der Waals surface area contributed by atoms with Gasteiger partial charge in [-0.15, -0.1) is 11.8 Å². The van der Waals surface area contributed by atoms with Crippen LogP contribution in [0.4, 0.5) is 10.7 Å². The van der Waals surface area contributed by atoms with Crippen molar-refractivity contribution < 1.29 is 9.90 Å². The van der Waals surface area contributed by atoms with Gasteiger partial charge in [0.15, 0.2) is 0 Å². The topological polar surface area (TPSA) is 87.1 Å². The fourth-order valence-electron chi connectivity index (χ4n) is 1.34. The van der Waals surface area contributed by atoms with Crippen LogP contribution in [0.15, 0.2) is 17.3 Å². The molecule has 7 heteroatoms. The first-order valence-corrected chi connectivity index (χ1v) is 6.94. The van der Waals surface area contributed by atoms with Gasteiger partial charge in [-0.25, -0.2) is 14.8 Å². The third-order valence-electron chi connectivity index (χ3n) is 2.53. The van der Waals surface area contributed by atoms with E-state index in [1.807, 2.05) is 13.2 Å². The molecule has 0 spiro atoms. The lowest BCUT2D eigenvalue weighted by atomic mass is 10.1. The monoisotopic (exact) mass is 270 g/mol. The zero-order valence-corrected chi connectivity index (χ0v) is 11.3. The summed E-state index contributed by atoms with van der Waals surface area (Å²) >= 11 is 1.59. The maximum Gasteiger partial charge on any atom is 0.404 e. The van der Waals surface area contributed by atoms with E-state index in [0.717, 1.165) is 11.3 Å². The standard InChI is InChI=1S/C11H18N4O2S/c1-3-8(5-15-11(16)17)4-12-10-13-6-9(18-2)7-14-10/h6-8,15H,3-5H2,1-2H3,(H,16,17)(H,12,13,14)/t8-/m0/s1. The van der Waals surface area contributed by atoms with E-state index in [2.05, 4.69) is 20.6 Å². The SMILES string of the molecule is CC[C@H](CNC(=O)O)CNc1ncc(SC)cn1. The first kappa shape index (κ1) is 14.6.